The van der Waals surface area contributed by atoms with Crippen LogP contribution in [0.3, 0.4) is 0 Å². The van der Waals surface area contributed by atoms with Crippen molar-refractivity contribution in [2.75, 3.05) is 5.43 Å². The molecule has 0 fully saturated rings. The summed E-state index contributed by atoms with van der Waals surface area (Å²) >= 11 is 0. The summed E-state index contributed by atoms with van der Waals surface area (Å²) in [5, 5.41) is 2.35. The van der Waals surface area contributed by atoms with Crippen LogP contribution in [-0.2, 0) is 0 Å². The predicted octanol–water partition coefficient (Wildman–Crippen LogP) is 3.75. The lowest BCUT2D eigenvalue weighted by molar-refractivity contribution is 0.222. The molecule has 3 rings (SSSR count). The van der Waals surface area contributed by atoms with Crippen molar-refractivity contribution in [2.24, 2.45) is 0 Å². The maximum atomic E-state index is 5.46. The van der Waals surface area contributed by atoms with Gasteiger partial charge in [-0.2, -0.15) is 0 Å². The molecule has 3 nitrogen and oxygen atoms in total. The number of hydrazine groups is 1. The number of hydrogen-bond acceptors (Lipinski definition) is 3. The van der Waals surface area contributed by atoms with Gasteiger partial charge in [0.2, 0.25) is 0 Å². The molecule has 0 atom stereocenters. The minimum Gasteiger partial charge on any atom is -0.389 e. The zero-order valence-electron chi connectivity index (χ0n) is 10.3. The van der Waals surface area contributed by atoms with Crippen LogP contribution in [0.5, 0.6) is 5.75 Å². The number of benzene rings is 3. The van der Waals surface area contributed by atoms with Gasteiger partial charge in [0.25, 0.3) is 0 Å². The highest BCUT2D eigenvalue weighted by Gasteiger charge is 1.96. The fourth-order valence-corrected chi connectivity index (χ4v) is 1.90. The quantitative estimate of drug-likeness (QED) is 0.692. The summed E-state index contributed by atoms with van der Waals surface area (Å²) in [5.74, 6) is 0.766. The maximum absolute atomic E-state index is 5.46. The first-order chi connectivity index (χ1) is 9.42. The van der Waals surface area contributed by atoms with E-state index in [1.807, 2.05) is 60.7 Å². The van der Waals surface area contributed by atoms with E-state index >= 15 is 0 Å². The molecule has 94 valence electrons. The molecule has 0 saturated heterocycles. The highest BCUT2D eigenvalue weighted by Crippen LogP contribution is 2.19. The van der Waals surface area contributed by atoms with Crippen molar-refractivity contribution in [3.63, 3.8) is 0 Å². The number of rotatable bonds is 4. The van der Waals surface area contributed by atoms with Gasteiger partial charge in [-0.15, -0.1) is 0 Å². The summed E-state index contributed by atoms with van der Waals surface area (Å²) in [4.78, 5) is 5.46. The molecule has 3 heteroatoms. The third kappa shape index (κ3) is 2.84. The van der Waals surface area contributed by atoms with Crippen LogP contribution in [0.15, 0.2) is 72.8 Å². The summed E-state index contributed by atoms with van der Waals surface area (Å²) < 4.78 is 0. The fraction of sp³-hybridized carbons (Fsp3) is 0. The van der Waals surface area contributed by atoms with Gasteiger partial charge in [-0.05, 0) is 35.0 Å². The second-order valence-corrected chi connectivity index (χ2v) is 4.20. The van der Waals surface area contributed by atoms with Crippen LogP contribution in [0, 0.1) is 0 Å². The monoisotopic (exact) mass is 250 g/mol. The number of nitrogens with one attached hydrogen (secondary N) is 2. The van der Waals surface area contributed by atoms with Gasteiger partial charge in [0.05, 0.1) is 5.69 Å². The van der Waals surface area contributed by atoms with Crippen molar-refractivity contribution in [1.29, 1.82) is 0 Å². The zero-order valence-corrected chi connectivity index (χ0v) is 10.3. The summed E-state index contributed by atoms with van der Waals surface area (Å²) in [5.41, 5.74) is 6.65. The molecule has 3 aromatic rings. The lowest BCUT2D eigenvalue weighted by atomic mass is 10.1. The molecule has 0 bridgehead atoms. The van der Waals surface area contributed by atoms with Crippen LogP contribution in [0.2, 0.25) is 0 Å². The minimum atomic E-state index is 0.766. The summed E-state index contributed by atoms with van der Waals surface area (Å²) in [6.45, 7) is 0. The van der Waals surface area contributed by atoms with Crippen molar-refractivity contribution in [3.05, 3.63) is 72.8 Å². The largest absolute Gasteiger partial charge is 0.389 e. The van der Waals surface area contributed by atoms with Crippen molar-refractivity contribution in [3.8, 4) is 5.75 Å². The second kappa shape index (κ2) is 5.42. The molecule has 0 heterocycles. The first kappa shape index (κ1) is 11.6. The molecule has 0 amide bonds. The van der Waals surface area contributed by atoms with E-state index in [4.69, 9.17) is 4.84 Å². The number of fused-ring (bicyclic) bond motifs is 1. The SMILES string of the molecule is c1ccc(NNOc2ccc3ccccc3c2)cc1. The molecular weight excluding hydrogens is 236 g/mol. The molecule has 0 aromatic heterocycles. The Hall–Kier alpha value is -2.52. The number of para-hydroxylation sites is 1. The van der Waals surface area contributed by atoms with Gasteiger partial charge in [0, 0.05) is 0 Å². The van der Waals surface area contributed by atoms with Gasteiger partial charge >= 0.3 is 0 Å². The maximum Gasteiger partial charge on any atom is 0.150 e. The first-order valence-electron chi connectivity index (χ1n) is 6.13. The van der Waals surface area contributed by atoms with Gasteiger partial charge in [-0.1, -0.05) is 54.1 Å². The van der Waals surface area contributed by atoms with Crippen LogP contribution in [0.25, 0.3) is 10.8 Å². The predicted molar refractivity (Wildman–Crippen MR) is 77.8 cm³/mol. The van der Waals surface area contributed by atoms with Crippen molar-refractivity contribution in [2.45, 2.75) is 0 Å². The Balaban J connectivity index is 1.65. The highest BCUT2D eigenvalue weighted by molar-refractivity contribution is 5.83. The van der Waals surface area contributed by atoms with Crippen LogP contribution in [0.4, 0.5) is 5.69 Å². The Kier molecular flexibility index (Phi) is 3.30. The lowest BCUT2D eigenvalue weighted by Crippen LogP contribution is -2.25. The van der Waals surface area contributed by atoms with Gasteiger partial charge in [0.1, 0.15) is 5.75 Å². The van der Waals surface area contributed by atoms with Crippen molar-refractivity contribution < 1.29 is 4.84 Å². The minimum absolute atomic E-state index is 0.766. The fourth-order valence-electron chi connectivity index (χ4n) is 1.90. The smallest absolute Gasteiger partial charge is 0.150 e. The van der Waals surface area contributed by atoms with Gasteiger partial charge in [-0.25, -0.2) is 0 Å². The Morgan fingerprint density at radius 1 is 0.684 bits per heavy atom. The molecule has 0 aliphatic heterocycles. The normalized spacial score (nSPS) is 10.3. The van der Waals surface area contributed by atoms with E-state index in [-0.39, 0.29) is 0 Å². The third-order valence-electron chi connectivity index (χ3n) is 2.86. The number of anilines is 1. The first-order valence-corrected chi connectivity index (χ1v) is 6.13. The lowest BCUT2D eigenvalue weighted by Gasteiger charge is -2.09. The molecule has 0 spiro atoms. The molecule has 3 aromatic carbocycles. The van der Waals surface area contributed by atoms with Crippen molar-refractivity contribution in [1.82, 2.24) is 5.59 Å². The van der Waals surface area contributed by atoms with E-state index < -0.39 is 0 Å². The average molecular weight is 250 g/mol. The van der Waals surface area contributed by atoms with Crippen LogP contribution in [0.1, 0.15) is 0 Å². The molecule has 0 aliphatic rings. The van der Waals surface area contributed by atoms with E-state index in [1.54, 1.807) is 0 Å². The van der Waals surface area contributed by atoms with Crippen LogP contribution >= 0.6 is 0 Å². The third-order valence-corrected chi connectivity index (χ3v) is 2.86. The van der Waals surface area contributed by atoms with Crippen LogP contribution < -0.4 is 15.9 Å². The summed E-state index contributed by atoms with van der Waals surface area (Å²) in [7, 11) is 0. The van der Waals surface area contributed by atoms with E-state index in [1.165, 1.54) is 5.39 Å². The van der Waals surface area contributed by atoms with Crippen LogP contribution in [-0.4, -0.2) is 0 Å². The molecule has 0 saturated carbocycles. The molecule has 0 radical (unpaired) electrons. The topological polar surface area (TPSA) is 33.3 Å². The Bertz CT molecular complexity index is 668. The Labute approximate surface area is 111 Å². The highest BCUT2D eigenvalue weighted by atomic mass is 16.7. The Morgan fingerprint density at radius 2 is 1.42 bits per heavy atom. The molecular formula is C16H14N2O. The van der Waals surface area contributed by atoms with E-state index in [0.29, 0.717) is 0 Å². The summed E-state index contributed by atoms with van der Waals surface area (Å²) in [6, 6.07) is 23.9. The molecule has 0 aliphatic carbocycles. The van der Waals surface area contributed by atoms with E-state index in [2.05, 4.69) is 23.1 Å². The molecule has 2 N–H and O–H groups in total. The van der Waals surface area contributed by atoms with Gasteiger partial charge < -0.3 is 4.84 Å². The zero-order chi connectivity index (χ0) is 12.9. The molecule has 19 heavy (non-hydrogen) atoms. The van der Waals surface area contributed by atoms with Gasteiger partial charge in [0.15, 0.2) is 0 Å². The van der Waals surface area contributed by atoms with E-state index in [9.17, 15) is 0 Å². The number of hydrogen-bond donors (Lipinski definition) is 2. The standard InChI is InChI=1S/C16H14N2O/c1-2-8-15(9-3-1)17-18-19-16-11-10-13-6-4-5-7-14(13)12-16/h1-12,17-18H. The second-order valence-electron chi connectivity index (χ2n) is 4.20. The molecule has 0 unspecified atom stereocenters. The van der Waals surface area contributed by atoms with E-state index in [0.717, 1.165) is 16.8 Å². The average Bonchev–Trinajstić information content (AvgIpc) is 2.48. The van der Waals surface area contributed by atoms with Crippen molar-refractivity contribution >= 4 is 16.5 Å². The summed E-state index contributed by atoms with van der Waals surface area (Å²) in [6.07, 6.45) is 0. The Morgan fingerprint density at radius 3 is 2.26 bits per heavy atom. The van der Waals surface area contributed by atoms with Gasteiger partial charge in [-0.3, -0.25) is 5.43 Å².